The van der Waals surface area contributed by atoms with Crippen molar-refractivity contribution in [1.29, 1.82) is 0 Å². The number of ether oxygens (including phenoxy) is 1. The molecule has 104 valence electrons. The van der Waals surface area contributed by atoms with Gasteiger partial charge in [-0.05, 0) is 30.7 Å². The molecule has 0 spiro atoms. The molecular formula is C13H17FN2O3. The SMILES string of the molecule is COCCC1(CNc2nccc(C(=O)O)c2F)CC1. The van der Waals surface area contributed by atoms with Gasteiger partial charge in [0.15, 0.2) is 11.6 Å². The van der Waals surface area contributed by atoms with Gasteiger partial charge in [-0.15, -0.1) is 0 Å². The Bertz CT molecular complexity index is 475. The highest BCUT2D eigenvalue weighted by Gasteiger charge is 2.41. The third kappa shape index (κ3) is 3.20. The fourth-order valence-corrected chi connectivity index (χ4v) is 2.01. The smallest absolute Gasteiger partial charge is 0.338 e. The number of anilines is 1. The topological polar surface area (TPSA) is 71.5 Å². The highest BCUT2D eigenvalue weighted by atomic mass is 19.1. The average molecular weight is 268 g/mol. The summed E-state index contributed by atoms with van der Waals surface area (Å²) in [6.45, 7) is 1.26. The standard InChI is InChI=1S/C13H17FN2O3/c1-19-7-5-13(3-4-13)8-16-11-10(14)9(12(17)18)2-6-15-11/h2,6H,3-5,7-8H2,1H3,(H,15,16)(H,17,18). The zero-order chi connectivity index (χ0) is 13.9. The number of rotatable bonds is 7. The molecular weight excluding hydrogens is 251 g/mol. The number of methoxy groups -OCH3 is 1. The number of pyridine rings is 1. The van der Waals surface area contributed by atoms with E-state index in [0.29, 0.717) is 13.2 Å². The maximum Gasteiger partial charge on any atom is 0.338 e. The zero-order valence-electron chi connectivity index (χ0n) is 10.8. The largest absolute Gasteiger partial charge is 0.478 e. The van der Waals surface area contributed by atoms with Crippen LogP contribution in [0.2, 0.25) is 0 Å². The third-order valence-corrected chi connectivity index (χ3v) is 3.54. The van der Waals surface area contributed by atoms with Crippen LogP contribution >= 0.6 is 0 Å². The van der Waals surface area contributed by atoms with Gasteiger partial charge in [0.25, 0.3) is 0 Å². The van der Waals surface area contributed by atoms with Crippen molar-refractivity contribution >= 4 is 11.8 Å². The Balaban J connectivity index is 2.00. The molecule has 1 aliphatic carbocycles. The minimum Gasteiger partial charge on any atom is -0.478 e. The van der Waals surface area contributed by atoms with Crippen molar-refractivity contribution in [3.63, 3.8) is 0 Å². The molecule has 1 fully saturated rings. The highest BCUT2D eigenvalue weighted by Crippen LogP contribution is 2.48. The summed E-state index contributed by atoms with van der Waals surface area (Å²) in [6, 6.07) is 1.15. The van der Waals surface area contributed by atoms with E-state index in [1.54, 1.807) is 7.11 Å². The van der Waals surface area contributed by atoms with Crippen molar-refractivity contribution in [2.24, 2.45) is 5.41 Å². The summed E-state index contributed by atoms with van der Waals surface area (Å²) in [6.07, 6.45) is 4.35. The lowest BCUT2D eigenvalue weighted by atomic mass is 10.0. The van der Waals surface area contributed by atoms with Crippen molar-refractivity contribution in [1.82, 2.24) is 4.98 Å². The van der Waals surface area contributed by atoms with Crippen LogP contribution in [0.15, 0.2) is 12.3 Å². The molecule has 0 amide bonds. The monoisotopic (exact) mass is 268 g/mol. The number of carboxylic acids is 1. The normalized spacial score (nSPS) is 16.1. The summed E-state index contributed by atoms with van der Waals surface area (Å²) in [5, 5.41) is 11.7. The average Bonchev–Trinajstić information content (AvgIpc) is 3.15. The van der Waals surface area contributed by atoms with Crippen LogP contribution in [0.5, 0.6) is 0 Å². The zero-order valence-corrected chi connectivity index (χ0v) is 10.8. The number of nitrogens with one attached hydrogen (secondary N) is 1. The van der Waals surface area contributed by atoms with Gasteiger partial charge in [0.05, 0.1) is 0 Å². The Morgan fingerprint density at radius 1 is 1.63 bits per heavy atom. The minimum absolute atomic E-state index is 0.00333. The lowest BCUT2D eigenvalue weighted by Crippen LogP contribution is -2.19. The van der Waals surface area contributed by atoms with Crippen molar-refractivity contribution in [2.45, 2.75) is 19.3 Å². The summed E-state index contributed by atoms with van der Waals surface area (Å²) in [5.74, 6) is -2.09. The van der Waals surface area contributed by atoms with Crippen LogP contribution in [0.1, 0.15) is 29.6 Å². The van der Waals surface area contributed by atoms with E-state index in [0.717, 1.165) is 25.3 Å². The van der Waals surface area contributed by atoms with E-state index in [4.69, 9.17) is 9.84 Å². The van der Waals surface area contributed by atoms with Crippen LogP contribution < -0.4 is 5.32 Å². The first kappa shape index (κ1) is 13.7. The third-order valence-electron chi connectivity index (χ3n) is 3.54. The van der Waals surface area contributed by atoms with Gasteiger partial charge >= 0.3 is 5.97 Å². The summed E-state index contributed by atoms with van der Waals surface area (Å²) in [7, 11) is 1.65. The van der Waals surface area contributed by atoms with Gasteiger partial charge in [0, 0.05) is 26.5 Å². The number of aromatic nitrogens is 1. The number of carboxylic acid groups (broad SMARTS) is 1. The van der Waals surface area contributed by atoms with Gasteiger partial charge in [-0.25, -0.2) is 14.2 Å². The summed E-state index contributed by atoms with van der Waals surface area (Å²) >= 11 is 0. The van der Waals surface area contributed by atoms with Crippen LogP contribution in [0, 0.1) is 11.2 Å². The fraction of sp³-hybridized carbons (Fsp3) is 0.538. The Kier molecular flexibility index (Phi) is 3.99. The van der Waals surface area contributed by atoms with E-state index in [-0.39, 0.29) is 16.8 Å². The van der Waals surface area contributed by atoms with Crippen LogP contribution in [-0.4, -0.2) is 36.3 Å². The molecule has 2 rings (SSSR count). The van der Waals surface area contributed by atoms with Crippen molar-refractivity contribution in [3.05, 3.63) is 23.6 Å². The van der Waals surface area contributed by atoms with E-state index in [2.05, 4.69) is 10.3 Å². The molecule has 0 saturated heterocycles. The molecule has 1 aromatic heterocycles. The molecule has 5 nitrogen and oxygen atoms in total. The number of hydrogen-bond acceptors (Lipinski definition) is 4. The molecule has 0 unspecified atom stereocenters. The van der Waals surface area contributed by atoms with Gasteiger partial charge in [-0.3, -0.25) is 0 Å². The Morgan fingerprint density at radius 3 is 2.95 bits per heavy atom. The molecule has 0 aromatic carbocycles. The predicted octanol–water partition coefficient (Wildman–Crippen LogP) is 2.15. The molecule has 0 aliphatic heterocycles. The molecule has 6 heteroatoms. The molecule has 0 bridgehead atoms. The number of nitrogens with zero attached hydrogens (tertiary/aromatic N) is 1. The number of carbonyl (C=O) groups is 1. The van der Waals surface area contributed by atoms with Gasteiger partial charge in [0.1, 0.15) is 5.56 Å². The van der Waals surface area contributed by atoms with Crippen LogP contribution in [0.25, 0.3) is 0 Å². The molecule has 1 aromatic rings. The van der Waals surface area contributed by atoms with Crippen molar-refractivity contribution in [3.8, 4) is 0 Å². The summed E-state index contributed by atoms with van der Waals surface area (Å²) < 4.78 is 18.9. The van der Waals surface area contributed by atoms with E-state index in [9.17, 15) is 9.18 Å². The quantitative estimate of drug-likeness (QED) is 0.792. The molecule has 19 heavy (non-hydrogen) atoms. The second-order valence-corrected chi connectivity index (χ2v) is 4.92. The molecule has 0 radical (unpaired) electrons. The Labute approximate surface area is 110 Å². The fourth-order valence-electron chi connectivity index (χ4n) is 2.01. The maximum absolute atomic E-state index is 13.8. The van der Waals surface area contributed by atoms with Gasteiger partial charge < -0.3 is 15.2 Å². The number of hydrogen-bond donors (Lipinski definition) is 2. The minimum atomic E-state index is -1.29. The van der Waals surface area contributed by atoms with Gasteiger partial charge in [-0.1, -0.05) is 0 Å². The van der Waals surface area contributed by atoms with Crippen LogP contribution in [0.4, 0.5) is 10.2 Å². The second kappa shape index (κ2) is 5.52. The first-order valence-electron chi connectivity index (χ1n) is 6.19. The molecule has 1 saturated carbocycles. The van der Waals surface area contributed by atoms with E-state index >= 15 is 0 Å². The van der Waals surface area contributed by atoms with E-state index < -0.39 is 11.8 Å². The maximum atomic E-state index is 13.8. The molecule has 0 atom stereocenters. The highest BCUT2D eigenvalue weighted by molar-refractivity contribution is 5.88. The van der Waals surface area contributed by atoms with Gasteiger partial charge in [0.2, 0.25) is 0 Å². The number of aromatic carboxylic acids is 1. The Morgan fingerprint density at radius 2 is 2.37 bits per heavy atom. The van der Waals surface area contributed by atoms with Gasteiger partial charge in [-0.2, -0.15) is 0 Å². The second-order valence-electron chi connectivity index (χ2n) is 4.92. The van der Waals surface area contributed by atoms with Crippen LogP contribution in [0.3, 0.4) is 0 Å². The molecule has 1 aliphatic rings. The molecule has 1 heterocycles. The number of halogens is 1. The Hall–Kier alpha value is -1.69. The molecule has 2 N–H and O–H groups in total. The summed E-state index contributed by atoms with van der Waals surface area (Å²) in [4.78, 5) is 14.7. The summed E-state index contributed by atoms with van der Waals surface area (Å²) in [5.41, 5.74) is -0.220. The first-order chi connectivity index (χ1) is 9.08. The lowest BCUT2D eigenvalue weighted by Gasteiger charge is -2.16. The lowest BCUT2D eigenvalue weighted by molar-refractivity contribution is 0.0692. The van der Waals surface area contributed by atoms with E-state index in [1.165, 1.54) is 6.20 Å². The van der Waals surface area contributed by atoms with E-state index in [1.807, 2.05) is 0 Å². The predicted molar refractivity (Wildman–Crippen MR) is 67.8 cm³/mol. The van der Waals surface area contributed by atoms with Crippen molar-refractivity contribution < 1.29 is 19.0 Å². The van der Waals surface area contributed by atoms with Crippen molar-refractivity contribution in [2.75, 3.05) is 25.6 Å². The van der Waals surface area contributed by atoms with Crippen LogP contribution in [-0.2, 0) is 4.74 Å². The first-order valence-corrected chi connectivity index (χ1v) is 6.19.